The number of fused-ring (bicyclic) bond motifs is 1. The van der Waals surface area contributed by atoms with E-state index in [9.17, 15) is 14.0 Å². The van der Waals surface area contributed by atoms with Gasteiger partial charge in [-0.05, 0) is 85.1 Å². The number of hydrogen-bond donors (Lipinski definition) is 0. The molecule has 1 aliphatic heterocycles. The van der Waals surface area contributed by atoms with Crippen LogP contribution in [0, 0.1) is 11.7 Å². The molecule has 178 valence electrons. The highest BCUT2D eigenvalue weighted by atomic mass is 32.1. The number of hydrogen-bond acceptors (Lipinski definition) is 4. The van der Waals surface area contributed by atoms with E-state index in [1.54, 1.807) is 28.4 Å². The van der Waals surface area contributed by atoms with E-state index in [1.165, 1.54) is 43.2 Å². The summed E-state index contributed by atoms with van der Waals surface area (Å²) >= 11 is 1.60. The summed E-state index contributed by atoms with van der Waals surface area (Å²) in [6, 6.07) is 6.48. The number of carbonyl (C=O) groups excluding carboxylic acids is 2. The predicted molar refractivity (Wildman–Crippen MR) is 128 cm³/mol. The second-order valence-electron chi connectivity index (χ2n) is 9.24. The van der Waals surface area contributed by atoms with E-state index in [4.69, 9.17) is 4.74 Å². The van der Waals surface area contributed by atoms with Crippen molar-refractivity contribution in [3.63, 3.8) is 0 Å². The lowest BCUT2D eigenvalue weighted by atomic mass is 9.84. The first-order valence-electron chi connectivity index (χ1n) is 11.9. The lowest BCUT2D eigenvalue weighted by molar-refractivity contribution is -0.137. The van der Waals surface area contributed by atoms with Gasteiger partial charge in [0.1, 0.15) is 12.4 Å². The average molecular weight is 473 g/mol. The number of thiophene rings is 1. The van der Waals surface area contributed by atoms with Crippen LogP contribution < -0.4 is 0 Å². The van der Waals surface area contributed by atoms with Gasteiger partial charge in [-0.25, -0.2) is 4.39 Å². The summed E-state index contributed by atoms with van der Waals surface area (Å²) < 4.78 is 18.5. The molecule has 7 heteroatoms. The minimum atomic E-state index is -0.262. The van der Waals surface area contributed by atoms with Crippen molar-refractivity contribution in [1.82, 2.24) is 9.80 Å². The number of nitrogens with zero attached hydrogens (tertiary/aromatic N) is 2. The maximum atomic E-state index is 13.4. The normalized spacial score (nSPS) is 17.5. The number of benzene rings is 1. The van der Waals surface area contributed by atoms with Crippen LogP contribution in [-0.4, -0.2) is 61.5 Å². The molecule has 1 aromatic carbocycles. The maximum Gasteiger partial charge on any atom is 0.264 e. The van der Waals surface area contributed by atoms with Gasteiger partial charge in [0.2, 0.25) is 5.91 Å². The van der Waals surface area contributed by atoms with E-state index in [-0.39, 0.29) is 36.2 Å². The second-order valence-corrected chi connectivity index (χ2v) is 10.1. The van der Waals surface area contributed by atoms with Crippen LogP contribution in [0.5, 0.6) is 0 Å². The summed E-state index contributed by atoms with van der Waals surface area (Å²) in [5.74, 6) is 0.109. The van der Waals surface area contributed by atoms with Gasteiger partial charge in [0, 0.05) is 33.3 Å². The number of rotatable bonds is 7. The van der Waals surface area contributed by atoms with Gasteiger partial charge in [0.15, 0.2) is 0 Å². The molecule has 0 radical (unpaired) electrons. The molecule has 0 saturated carbocycles. The van der Waals surface area contributed by atoms with Crippen LogP contribution in [0.1, 0.15) is 52.0 Å². The topological polar surface area (TPSA) is 49.9 Å². The van der Waals surface area contributed by atoms with Gasteiger partial charge in [-0.1, -0.05) is 12.1 Å². The molecule has 0 N–H and O–H groups in total. The van der Waals surface area contributed by atoms with Crippen molar-refractivity contribution < 1.29 is 18.7 Å². The molecule has 5 nitrogen and oxygen atoms in total. The van der Waals surface area contributed by atoms with Gasteiger partial charge in [-0.2, -0.15) is 0 Å². The van der Waals surface area contributed by atoms with Crippen molar-refractivity contribution in [2.45, 2.75) is 51.0 Å². The Labute approximate surface area is 199 Å². The molecule has 4 rings (SSSR count). The van der Waals surface area contributed by atoms with Gasteiger partial charge >= 0.3 is 0 Å². The van der Waals surface area contributed by atoms with E-state index < -0.39 is 0 Å². The number of piperidine rings is 1. The molecule has 2 aromatic rings. The van der Waals surface area contributed by atoms with Crippen LogP contribution in [-0.2, 0) is 28.8 Å². The standard InChI is InChI=1S/C26H33FN2O3S/c1-28(24(30)16-32-2)23(15-18-7-9-21(27)10-8-18)19-11-13-29(14-12-19)26(31)25-22-6-4-3-5-20(22)17-33-25/h7-10,17,19,23H,3-6,11-16H2,1-2H3. The van der Waals surface area contributed by atoms with Crippen molar-refractivity contribution in [2.24, 2.45) is 5.92 Å². The quantitative estimate of drug-likeness (QED) is 0.603. The lowest BCUT2D eigenvalue weighted by Gasteiger charge is -2.40. The Morgan fingerprint density at radius 1 is 1.18 bits per heavy atom. The van der Waals surface area contributed by atoms with E-state index in [0.717, 1.165) is 36.1 Å². The summed E-state index contributed by atoms with van der Waals surface area (Å²) in [7, 11) is 3.35. The molecule has 0 bridgehead atoms. The molecular formula is C26H33FN2O3S. The number of likely N-dealkylation sites (N-methyl/N-ethyl adjacent to an activating group) is 1. The molecule has 1 unspecified atom stereocenters. The number of methoxy groups -OCH3 is 1. The molecule has 33 heavy (non-hydrogen) atoms. The predicted octanol–water partition coefficient (Wildman–Crippen LogP) is 4.33. The summed E-state index contributed by atoms with van der Waals surface area (Å²) in [5.41, 5.74) is 3.64. The SMILES string of the molecule is COCC(=O)N(C)C(Cc1ccc(F)cc1)C1CCN(C(=O)c2scc3c2CCCC3)CC1. The van der Waals surface area contributed by atoms with Crippen molar-refractivity contribution in [1.29, 1.82) is 0 Å². The maximum absolute atomic E-state index is 13.4. The zero-order valence-electron chi connectivity index (χ0n) is 19.5. The zero-order chi connectivity index (χ0) is 23.4. The molecule has 1 saturated heterocycles. The van der Waals surface area contributed by atoms with E-state index in [0.29, 0.717) is 19.5 Å². The van der Waals surface area contributed by atoms with Gasteiger partial charge in [-0.3, -0.25) is 9.59 Å². The average Bonchev–Trinajstić information content (AvgIpc) is 3.27. The molecule has 1 aromatic heterocycles. The lowest BCUT2D eigenvalue weighted by Crippen LogP contribution is -2.49. The molecule has 2 aliphatic rings. The van der Waals surface area contributed by atoms with Crippen LogP contribution in [0.15, 0.2) is 29.6 Å². The van der Waals surface area contributed by atoms with Crippen LogP contribution in [0.25, 0.3) is 0 Å². The molecule has 1 atom stereocenters. The first kappa shape index (κ1) is 23.9. The van der Waals surface area contributed by atoms with Crippen molar-refractivity contribution in [2.75, 3.05) is 33.9 Å². The number of aryl methyl sites for hydroxylation is 1. The van der Waals surface area contributed by atoms with Crippen molar-refractivity contribution >= 4 is 23.2 Å². The third-order valence-corrected chi connectivity index (χ3v) is 8.24. The molecule has 1 fully saturated rings. The van der Waals surface area contributed by atoms with E-state index >= 15 is 0 Å². The molecule has 1 aliphatic carbocycles. The summed E-state index contributed by atoms with van der Waals surface area (Å²) in [6.45, 7) is 1.43. The number of carbonyl (C=O) groups is 2. The first-order valence-corrected chi connectivity index (χ1v) is 12.7. The number of halogens is 1. The monoisotopic (exact) mass is 472 g/mol. The van der Waals surface area contributed by atoms with Gasteiger partial charge in [-0.15, -0.1) is 11.3 Å². The minimum absolute atomic E-state index is 0.0233. The first-order chi connectivity index (χ1) is 16.0. The Hall–Kier alpha value is -2.25. The number of ether oxygens (including phenoxy) is 1. The highest BCUT2D eigenvalue weighted by Crippen LogP contribution is 2.33. The van der Waals surface area contributed by atoms with Crippen molar-refractivity contribution in [3.8, 4) is 0 Å². The Bertz CT molecular complexity index is 966. The smallest absolute Gasteiger partial charge is 0.264 e. The summed E-state index contributed by atoms with van der Waals surface area (Å²) in [5, 5.41) is 2.17. The third-order valence-electron chi connectivity index (χ3n) is 7.19. The van der Waals surface area contributed by atoms with Crippen molar-refractivity contribution in [3.05, 3.63) is 57.0 Å². The van der Waals surface area contributed by atoms with E-state index in [1.807, 2.05) is 11.9 Å². The van der Waals surface area contributed by atoms with Gasteiger partial charge < -0.3 is 14.5 Å². The molecule has 2 heterocycles. The minimum Gasteiger partial charge on any atom is -0.375 e. The highest BCUT2D eigenvalue weighted by Gasteiger charge is 2.34. The van der Waals surface area contributed by atoms with E-state index in [2.05, 4.69) is 5.38 Å². The fourth-order valence-electron chi connectivity index (χ4n) is 5.22. The number of likely N-dealkylation sites (tertiary alicyclic amines) is 1. The Morgan fingerprint density at radius 3 is 2.58 bits per heavy atom. The van der Waals surface area contributed by atoms with Gasteiger partial charge in [0.05, 0.1) is 4.88 Å². The zero-order valence-corrected chi connectivity index (χ0v) is 20.3. The fourth-order valence-corrected chi connectivity index (χ4v) is 6.35. The largest absolute Gasteiger partial charge is 0.375 e. The Balaban J connectivity index is 1.44. The van der Waals surface area contributed by atoms with Gasteiger partial charge in [0.25, 0.3) is 5.91 Å². The number of amides is 2. The van der Waals surface area contributed by atoms with Crippen LogP contribution in [0.2, 0.25) is 0 Å². The van der Waals surface area contributed by atoms with Crippen LogP contribution >= 0.6 is 11.3 Å². The molecular weight excluding hydrogens is 439 g/mol. The fraction of sp³-hybridized carbons (Fsp3) is 0.538. The Morgan fingerprint density at radius 2 is 1.88 bits per heavy atom. The molecule has 0 spiro atoms. The van der Waals surface area contributed by atoms with Crippen LogP contribution in [0.3, 0.4) is 0 Å². The Kier molecular flexibility index (Phi) is 7.81. The molecule has 2 amide bonds. The second kappa shape index (κ2) is 10.8. The third kappa shape index (κ3) is 5.46. The summed E-state index contributed by atoms with van der Waals surface area (Å²) in [4.78, 5) is 30.6. The summed E-state index contributed by atoms with van der Waals surface area (Å²) in [6.07, 6.45) is 6.83. The van der Waals surface area contributed by atoms with Crippen LogP contribution in [0.4, 0.5) is 4.39 Å². The highest BCUT2D eigenvalue weighted by molar-refractivity contribution is 7.12.